The van der Waals surface area contributed by atoms with Crippen molar-refractivity contribution in [1.29, 1.82) is 0 Å². The number of carbonyl (C=O) groups excluding carboxylic acids is 2. The molecule has 2 aromatic rings. The first-order chi connectivity index (χ1) is 17.0. The average molecular weight is 538 g/mol. The first kappa shape index (κ1) is 29.5. The summed E-state index contributed by atoms with van der Waals surface area (Å²) in [7, 11) is -2.00. The van der Waals surface area contributed by atoms with Gasteiger partial charge in [0.25, 0.3) is 0 Å². The summed E-state index contributed by atoms with van der Waals surface area (Å²) in [5.74, 6) is 0.178. The van der Waals surface area contributed by atoms with Gasteiger partial charge in [-0.25, -0.2) is 8.42 Å². The van der Waals surface area contributed by atoms with Crippen molar-refractivity contribution in [2.24, 2.45) is 0 Å². The molecule has 0 aliphatic rings. The van der Waals surface area contributed by atoms with Crippen LogP contribution in [-0.4, -0.2) is 57.1 Å². The predicted octanol–water partition coefficient (Wildman–Crippen LogP) is 4.23. The number of benzene rings is 2. The molecule has 2 rings (SSSR count). The lowest BCUT2D eigenvalue weighted by molar-refractivity contribution is -0.140. The van der Waals surface area contributed by atoms with Crippen LogP contribution in [0.15, 0.2) is 48.5 Å². The SMILES string of the molecule is CC[C@H](C)NC(=O)[C@H](C)N(Cc1cccc(OC)c1)C(=O)CCCN(c1ccc(Cl)cc1)S(C)(=O)=O. The van der Waals surface area contributed by atoms with Crippen LogP contribution in [-0.2, 0) is 26.2 Å². The Morgan fingerprint density at radius 3 is 2.36 bits per heavy atom. The second kappa shape index (κ2) is 13.5. The molecule has 0 radical (unpaired) electrons. The summed E-state index contributed by atoms with van der Waals surface area (Å²) in [6, 6.07) is 13.1. The lowest BCUT2D eigenvalue weighted by Gasteiger charge is -2.30. The van der Waals surface area contributed by atoms with Gasteiger partial charge < -0.3 is 15.0 Å². The van der Waals surface area contributed by atoms with Gasteiger partial charge in [0.1, 0.15) is 11.8 Å². The third-order valence-electron chi connectivity index (χ3n) is 5.92. The predicted molar refractivity (Wildman–Crippen MR) is 144 cm³/mol. The van der Waals surface area contributed by atoms with Gasteiger partial charge in [0.05, 0.1) is 19.1 Å². The van der Waals surface area contributed by atoms with E-state index < -0.39 is 16.1 Å². The third-order valence-corrected chi connectivity index (χ3v) is 7.37. The van der Waals surface area contributed by atoms with Gasteiger partial charge >= 0.3 is 0 Å². The fourth-order valence-corrected chi connectivity index (χ4v) is 4.72. The van der Waals surface area contributed by atoms with E-state index in [2.05, 4.69) is 5.32 Å². The topological polar surface area (TPSA) is 96.0 Å². The van der Waals surface area contributed by atoms with E-state index in [-0.39, 0.29) is 43.8 Å². The Bertz CT molecular complexity index is 1120. The van der Waals surface area contributed by atoms with E-state index in [1.54, 1.807) is 38.3 Å². The maximum atomic E-state index is 13.3. The highest BCUT2D eigenvalue weighted by atomic mass is 35.5. The van der Waals surface area contributed by atoms with Crippen molar-refractivity contribution in [3.63, 3.8) is 0 Å². The Balaban J connectivity index is 2.18. The summed E-state index contributed by atoms with van der Waals surface area (Å²) in [6.07, 6.45) is 2.25. The number of nitrogens with zero attached hydrogens (tertiary/aromatic N) is 2. The van der Waals surface area contributed by atoms with Gasteiger partial charge in [-0.3, -0.25) is 13.9 Å². The van der Waals surface area contributed by atoms with Crippen molar-refractivity contribution in [1.82, 2.24) is 10.2 Å². The highest BCUT2D eigenvalue weighted by Gasteiger charge is 2.27. The molecule has 1 N–H and O–H groups in total. The van der Waals surface area contributed by atoms with Crippen LogP contribution >= 0.6 is 11.6 Å². The van der Waals surface area contributed by atoms with E-state index in [1.165, 1.54) is 9.21 Å². The molecule has 0 heterocycles. The maximum absolute atomic E-state index is 13.3. The highest BCUT2D eigenvalue weighted by molar-refractivity contribution is 7.92. The number of ether oxygens (including phenoxy) is 1. The normalized spacial score (nSPS) is 12.9. The molecular weight excluding hydrogens is 502 g/mol. The zero-order chi connectivity index (χ0) is 26.9. The molecule has 0 bridgehead atoms. The van der Waals surface area contributed by atoms with E-state index in [9.17, 15) is 18.0 Å². The number of methoxy groups -OCH3 is 1. The third kappa shape index (κ3) is 8.71. The Morgan fingerprint density at radius 1 is 1.11 bits per heavy atom. The van der Waals surface area contributed by atoms with Crippen LogP contribution in [0.1, 0.15) is 45.6 Å². The summed E-state index contributed by atoms with van der Waals surface area (Å²) in [5.41, 5.74) is 1.30. The highest BCUT2D eigenvalue weighted by Crippen LogP contribution is 2.22. The molecule has 0 fully saturated rings. The number of rotatable bonds is 13. The molecule has 36 heavy (non-hydrogen) atoms. The van der Waals surface area contributed by atoms with Gasteiger partial charge in [-0.2, -0.15) is 0 Å². The standard InChI is InChI=1S/C26H36ClN3O5S/c1-6-19(2)28-26(32)20(3)29(18-21-9-7-10-24(17-21)35-4)25(31)11-8-16-30(36(5,33)34)23-14-12-22(27)13-15-23/h7,9-10,12-15,17,19-20H,6,8,11,16,18H2,1-5H3,(H,28,32)/t19-,20-/m0/s1. The minimum Gasteiger partial charge on any atom is -0.497 e. The molecule has 2 aromatic carbocycles. The monoisotopic (exact) mass is 537 g/mol. The van der Waals surface area contributed by atoms with Gasteiger partial charge in [0.2, 0.25) is 21.8 Å². The van der Waals surface area contributed by atoms with Crippen molar-refractivity contribution in [2.45, 2.75) is 58.7 Å². The molecule has 2 atom stereocenters. The number of amides is 2. The molecule has 2 amide bonds. The summed E-state index contributed by atoms with van der Waals surface area (Å²) in [4.78, 5) is 27.7. The van der Waals surface area contributed by atoms with E-state index in [0.29, 0.717) is 16.5 Å². The lowest BCUT2D eigenvalue weighted by Crippen LogP contribution is -2.49. The van der Waals surface area contributed by atoms with Crippen LogP contribution in [0.2, 0.25) is 5.02 Å². The number of nitrogens with one attached hydrogen (secondary N) is 1. The molecule has 0 aromatic heterocycles. The molecule has 198 valence electrons. The fraction of sp³-hybridized carbons (Fsp3) is 0.462. The average Bonchev–Trinajstić information content (AvgIpc) is 2.84. The zero-order valence-corrected chi connectivity index (χ0v) is 23.1. The number of anilines is 1. The molecule has 0 saturated carbocycles. The Labute approximate surface area is 219 Å². The van der Waals surface area contributed by atoms with Gasteiger partial charge in [-0.1, -0.05) is 30.7 Å². The second-order valence-electron chi connectivity index (χ2n) is 8.78. The second-order valence-corrected chi connectivity index (χ2v) is 11.1. The van der Waals surface area contributed by atoms with Crippen molar-refractivity contribution in [3.05, 3.63) is 59.1 Å². The number of hydrogen-bond donors (Lipinski definition) is 1. The molecule has 0 aliphatic carbocycles. The smallest absolute Gasteiger partial charge is 0.242 e. The van der Waals surface area contributed by atoms with Crippen molar-refractivity contribution >= 4 is 39.1 Å². The molecule has 10 heteroatoms. The molecule has 0 spiro atoms. The largest absolute Gasteiger partial charge is 0.497 e. The molecule has 8 nitrogen and oxygen atoms in total. The van der Waals surface area contributed by atoms with Gasteiger partial charge in [-0.05, 0) is 68.7 Å². The number of hydrogen-bond acceptors (Lipinski definition) is 5. The van der Waals surface area contributed by atoms with E-state index in [0.717, 1.165) is 18.2 Å². The first-order valence-electron chi connectivity index (χ1n) is 11.9. The molecule has 0 saturated heterocycles. The lowest BCUT2D eigenvalue weighted by atomic mass is 10.1. The number of halogens is 1. The minimum absolute atomic E-state index is 0.0172. The summed E-state index contributed by atoms with van der Waals surface area (Å²) >= 11 is 5.93. The fourth-order valence-electron chi connectivity index (χ4n) is 3.63. The summed E-state index contributed by atoms with van der Waals surface area (Å²) in [5, 5.41) is 3.44. The summed E-state index contributed by atoms with van der Waals surface area (Å²) in [6.45, 7) is 5.93. The van der Waals surface area contributed by atoms with E-state index >= 15 is 0 Å². The van der Waals surface area contributed by atoms with Gasteiger partial charge in [-0.15, -0.1) is 0 Å². The number of carbonyl (C=O) groups is 2. The quantitative estimate of drug-likeness (QED) is 0.412. The van der Waals surface area contributed by atoms with Crippen molar-refractivity contribution in [2.75, 3.05) is 24.2 Å². The van der Waals surface area contributed by atoms with Crippen molar-refractivity contribution in [3.8, 4) is 5.75 Å². The van der Waals surface area contributed by atoms with Crippen LogP contribution in [0.3, 0.4) is 0 Å². The van der Waals surface area contributed by atoms with Crippen molar-refractivity contribution < 1.29 is 22.7 Å². The van der Waals surface area contributed by atoms with E-state index in [4.69, 9.17) is 16.3 Å². The van der Waals surface area contributed by atoms with Gasteiger partial charge in [0.15, 0.2) is 0 Å². The Hall–Kier alpha value is -2.78. The van der Waals surface area contributed by atoms with E-state index in [1.807, 2.05) is 38.1 Å². The van der Waals surface area contributed by atoms with Crippen LogP contribution in [0, 0.1) is 0 Å². The number of sulfonamides is 1. The Kier molecular flexibility index (Phi) is 11.0. The van der Waals surface area contributed by atoms with Crippen LogP contribution in [0.5, 0.6) is 5.75 Å². The first-order valence-corrected chi connectivity index (χ1v) is 14.1. The zero-order valence-electron chi connectivity index (χ0n) is 21.5. The van der Waals surface area contributed by atoms with Gasteiger partial charge in [0, 0.05) is 30.6 Å². The van der Waals surface area contributed by atoms with Crippen LogP contribution in [0.4, 0.5) is 5.69 Å². The Morgan fingerprint density at radius 2 is 1.78 bits per heavy atom. The van der Waals surface area contributed by atoms with Crippen LogP contribution < -0.4 is 14.4 Å². The minimum atomic E-state index is -3.56. The molecule has 0 aliphatic heterocycles. The molecule has 0 unspecified atom stereocenters. The maximum Gasteiger partial charge on any atom is 0.242 e. The summed E-state index contributed by atoms with van der Waals surface area (Å²) < 4.78 is 31.3. The molecular formula is C26H36ClN3O5S. The van der Waals surface area contributed by atoms with Crippen LogP contribution in [0.25, 0.3) is 0 Å².